The van der Waals surface area contributed by atoms with Crippen LogP contribution in [0.5, 0.6) is 0 Å². The van der Waals surface area contributed by atoms with Crippen LogP contribution < -0.4 is 10.6 Å². The van der Waals surface area contributed by atoms with E-state index in [-0.39, 0.29) is 17.8 Å². The van der Waals surface area contributed by atoms with Crippen LogP contribution in [0.15, 0.2) is 60.4 Å². The topological polar surface area (TPSA) is 41.1 Å². The monoisotopic (exact) mass is 302 g/mol. The maximum Gasteiger partial charge on any atom is 0.210 e. The maximum absolute atomic E-state index is 12.9. The molecule has 5 heteroatoms. The highest BCUT2D eigenvalue weighted by atomic mass is 35.5. The van der Waals surface area contributed by atoms with Gasteiger partial charge in [0, 0.05) is 16.8 Å². The SMILES string of the molecule is O=C(C1=CNC(c2ccc(Cl)cc2)N1)c1ccc(F)cc1. The lowest BCUT2D eigenvalue weighted by Gasteiger charge is -2.14. The van der Waals surface area contributed by atoms with Crippen LogP contribution in [0.2, 0.25) is 5.02 Å². The molecule has 0 spiro atoms. The average molecular weight is 303 g/mol. The van der Waals surface area contributed by atoms with Crippen LogP contribution in [0.25, 0.3) is 0 Å². The van der Waals surface area contributed by atoms with Crippen molar-refractivity contribution in [1.82, 2.24) is 10.6 Å². The number of ketones is 1. The summed E-state index contributed by atoms with van der Waals surface area (Å²) in [5, 5.41) is 6.86. The van der Waals surface area contributed by atoms with Crippen LogP contribution in [0.4, 0.5) is 4.39 Å². The van der Waals surface area contributed by atoms with E-state index >= 15 is 0 Å². The minimum Gasteiger partial charge on any atom is -0.366 e. The number of halogens is 2. The number of Topliss-reactive ketones (excluding diaryl/α,β-unsaturated/α-hetero) is 1. The van der Waals surface area contributed by atoms with Crippen molar-refractivity contribution in [3.63, 3.8) is 0 Å². The summed E-state index contributed by atoms with van der Waals surface area (Å²) >= 11 is 5.85. The van der Waals surface area contributed by atoms with Crippen molar-refractivity contribution in [2.24, 2.45) is 0 Å². The van der Waals surface area contributed by atoms with Gasteiger partial charge in [-0.1, -0.05) is 23.7 Å². The Bertz CT molecular complexity index is 695. The molecular weight excluding hydrogens is 291 g/mol. The van der Waals surface area contributed by atoms with E-state index in [1.165, 1.54) is 24.3 Å². The molecule has 1 aliphatic heterocycles. The molecule has 3 nitrogen and oxygen atoms in total. The summed E-state index contributed by atoms with van der Waals surface area (Å²) in [5.41, 5.74) is 1.85. The number of hydrogen-bond acceptors (Lipinski definition) is 3. The van der Waals surface area contributed by atoms with Crippen molar-refractivity contribution in [2.45, 2.75) is 6.17 Å². The zero-order valence-corrected chi connectivity index (χ0v) is 11.7. The summed E-state index contributed by atoms with van der Waals surface area (Å²) in [6.45, 7) is 0. The number of allylic oxidation sites excluding steroid dienone is 1. The molecule has 106 valence electrons. The highest BCUT2D eigenvalue weighted by Gasteiger charge is 2.22. The third kappa shape index (κ3) is 2.90. The van der Waals surface area contributed by atoms with Gasteiger partial charge in [0.2, 0.25) is 5.78 Å². The molecule has 1 heterocycles. The first-order valence-electron chi connectivity index (χ1n) is 6.42. The highest BCUT2D eigenvalue weighted by molar-refractivity contribution is 6.30. The zero-order valence-electron chi connectivity index (χ0n) is 10.9. The summed E-state index contributed by atoms with van der Waals surface area (Å²) < 4.78 is 12.9. The Balaban J connectivity index is 1.73. The van der Waals surface area contributed by atoms with E-state index < -0.39 is 0 Å². The number of rotatable bonds is 3. The number of benzene rings is 2. The standard InChI is InChI=1S/C16H12ClFN2O/c17-12-5-1-11(2-6-12)16-19-9-14(20-16)15(21)10-3-7-13(18)8-4-10/h1-9,16,19-20H. The highest BCUT2D eigenvalue weighted by Crippen LogP contribution is 2.20. The molecule has 21 heavy (non-hydrogen) atoms. The molecule has 0 aliphatic carbocycles. The van der Waals surface area contributed by atoms with Gasteiger partial charge < -0.3 is 10.6 Å². The van der Waals surface area contributed by atoms with Crippen LogP contribution >= 0.6 is 11.6 Å². The molecule has 1 aliphatic rings. The molecule has 2 aromatic carbocycles. The third-order valence-corrected chi connectivity index (χ3v) is 3.50. The molecule has 0 bridgehead atoms. The van der Waals surface area contributed by atoms with Gasteiger partial charge in [-0.25, -0.2) is 4.39 Å². The van der Waals surface area contributed by atoms with Gasteiger partial charge in [-0.2, -0.15) is 0 Å². The quantitative estimate of drug-likeness (QED) is 0.854. The molecule has 3 rings (SSSR count). The Morgan fingerprint density at radius 1 is 1.05 bits per heavy atom. The van der Waals surface area contributed by atoms with Gasteiger partial charge in [0.05, 0.1) is 0 Å². The largest absolute Gasteiger partial charge is 0.366 e. The third-order valence-electron chi connectivity index (χ3n) is 3.25. The Hall–Kier alpha value is -2.33. The van der Waals surface area contributed by atoms with Crippen LogP contribution in [-0.2, 0) is 0 Å². The van der Waals surface area contributed by atoms with E-state index in [2.05, 4.69) is 10.6 Å². The van der Waals surface area contributed by atoms with Crippen molar-refractivity contribution in [3.05, 3.63) is 82.4 Å². The normalized spacial score (nSPS) is 16.9. The number of carbonyl (C=O) groups excluding carboxylic acids is 1. The predicted octanol–water partition coefficient (Wildman–Crippen LogP) is 3.39. The summed E-state index contributed by atoms with van der Waals surface area (Å²) in [4.78, 5) is 12.3. The molecular formula is C16H12ClFN2O. The molecule has 0 fully saturated rings. The summed E-state index contributed by atoms with van der Waals surface area (Å²) in [6, 6.07) is 12.8. The van der Waals surface area contributed by atoms with Crippen molar-refractivity contribution >= 4 is 17.4 Å². The van der Waals surface area contributed by atoms with Gasteiger partial charge in [-0.15, -0.1) is 0 Å². The molecule has 1 atom stereocenters. The fourth-order valence-electron chi connectivity index (χ4n) is 2.13. The molecule has 0 saturated heterocycles. The Morgan fingerprint density at radius 3 is 2.38 bits per heavy atom. The van der Waals surface area contributed by atoms with Gasteiger partial charge in [0.1, 0.15) is 17.7 Å². The first kappa shape index (κ1) is 13.6. The van der Waals surface area contributed by atoms with Gasteiger partial charge in [0.15, 0.2) is 0 Å². The van der Waals surface area contributed by atoms with E-state index in [0.717, 1.165) is 5.56 Å². The van der Waals surface area contributed by atoms with Crippen LogP contribution in [0.1, 0.15) is 22.1 Å². The van der Waals surface area contributed by atoms with Gasteiger partial charge in [-0.05, 0) is 42.0 Å². The molecule has 2 aromatic rings. The zero-order chi connectivity index (χ0) is 14.8. The van der Waals surface area contributed by atoms with E-state index in [1.807, 2.05) is 12.1 Å². The van der Waals surface area contributed by atoms with Crippen LogP contribution in [0, 0.1) is 5.82 Å². The first-order valence-corrected chi connectivity index (χ1v) is 6.80. The summed E-state index contributed by atoms with van der Waals surface area (Å²) in [6.07, 6.45) is 1.45. The van der Waals surface area contributed by atoms with E-state index in [9.17, 15) is 9.18 Å². The number of hydrogen-bond donors (Lipinski definition) is 2. The minimum atomic E-state index is -0.364. The second-order valence-corrected chi connectivity index (χ2v) is 5.13. The number of carbonyl (C=O) groups is 1. The van der Waals surface area contributed by atoms with Gasteiger partial charge in [0.25, 0.3) is 0 Å². The molecule has 0 amide bonds. The summed E-state index contributed by atoms with van der Waals surface area (Å²) in [7, 11) is 0. The average Bonchev–Trinajstić information content (AvgIpc) is 2.98. The van der Waals surface area contributed by atoms with Crippen molar-refractivity contribution in [1.29, 1.82) is 0 Å². The van der Waals surface area contributed by atoms with Gasteiger partial charge in [-0.3, -0.25) is 4.79 Å². The van der Waals surface area contributed by atoms with Crippen molar-refractivity contribution in [2.75, 3.05) is 0 Å². The molecule has 2 N–H and O–H groups in total. The Morgan fingerprint density at radius 2 is 1.71 bits per heavy atom. The van der Waals surface area contributed by atoms with Crippen molar-refractivity contribution < 1.29 is 9.18 Å². The Labute approximate surface area is 126 Å². The molecule has 0 aromatic heterocycles. The lowest BCUT2D eigenvalue weighted by molar-refractivity contribution is 0.102. The fourth-order valence-corrected chi connectivity index (χ4v) is 2.25. The lowest BCUT2D eigenvalue weighted by atomic mass is 10.1. The lowest BCUT2D eigenvalue weighted by Crippen LogP contribution is -2.25. The molecule has 0 saturated carbocycles. The number of nitrogens with one attached hydrogen (secondary N) is 2. The van der Waals surface area contributed by atoms with E-state index in [4.69, 9.17) is 11.6 Å². The van der Waals surface area contributed by atoms with Crippen molar-refractivity contribution in [3.8, 4) is 0 Å². The first-order chi connectivity index (χ1) is 10.1. The predicted molar refractivity (Wildman–Crippen MR) is 79.3 cm³/mol. The fraction of sp³-hybridized carbons (Fsp3) is 0.0625. The van der Waals surface area contributed by atoms with Crippen LogP contribution in [0.3, 0.4) is 0 Å². The maximum atomic E-state index is 12.9. The molecule has 0 radical (unpaired) electrons. The van der Waals surface area contributed by atoms with Crippen LogP contribution in [-0.4, -0.2) is 5.78 Å². The summed E-state index contributed by atoms with van der Waals surface area (Å²) in [5.74, 6) is -0.545. The molecule has 1 unspecified atom stereocenters. The van der Waals surface area contributed by atoms with E-state index in [0.29, 0.717) is 16.3 Å². The van der Waals surface area contributed by atoms with E-state index in [1.54, 1.807) is 18.3 Å². The Kier molecular flexibility index (Phi) is 3.62. The minimum absolute atomic E-state index is 0.179. The van der Waals surface area contributed by atoms with Gasteiger partial charge >= 0.3 is 0 Å². The second-order valence-electron chi connectivity index (χ2n) is 4.69. The second kappa shape index (κ2) is 5.58. The smallest absolute Gasteiger partial charge is 0.210 e.